The highest BCUT2D eigenvalue weighted by molar-refractivity contribution is 7.89. The molecule has 1 aromatic heterocycles. The van der Waals surface area contributed by atoms with Crippen LogP contribution >= 0.6 is 0 Å². The molecule has 0 unspecified atom stereocenters. The zero-order valence-corrected chi connectivity index (χ0v) is 17.1. The Balaban J connectivity index is 1.66. The van der Waals surface area contributed by atoms with E-state index < -0.39 is 26.7 Å². The molecule has 0 fully saturated rings. The number of hydrogen-bond acceptors (Lipinski definition) is 4. The van der Waals surface area contributed by atoms with Crippen molar-refractivity contribution in [1.29, 1.82) is 0 Å². The Bertz CT molecular complexity index is 1210. The molecule has 0 radical (unpaired) electrons. The highest BCUT2D eigenvalue weighted by Crippen LogP contribution is 2.35. The molecular weight excluding hydrogens is 417 g/mol. The van der Waals surface area contributed by atoms with Gasteiger partial charge in [0.2, 0.25) is 0 Å². The van der Waals surface area contributed by atoms with Gasteiger partial charge in [-0.3, -0.25) is 0 Å². The van der Waals surface area contributed by atoms with Crippen molar-refractivity contribution in [1.82, 2.24) is 9.19 Å². The lowest BCUT2D eigenvalue weighted by atomic mass is 9.93. The second-order valence-corrected chi connectivity index (χ2v) is 9.58. The van der Waals surface area contributed by atoms with Crippen molar-refractivity contribution in [3.8, 4) is 17.0 Å². The van der Waals surface area contributed by atoms with Gasteiger partial charge in [-0.2, -0.15) is 30.8 Å². The molecule has 0 amide bonds. The van der Waals surface area contributed by atoms with Crippen LogP contribution in [0.4, 0.5) is 13.2 Å². The molecule has 0 saturated heterocycles. The monoisotopic (exact) mass is 436 g/mol. The number of nitrogens with zero attached hydrogens (tertiary/aromatic N) is 2. The highest BCUT2D eigenvalue weighted by atomic mass is 32.2. The van der Waals surface area contributed by atoms with Crippen molar-refractivity contribution in [3.63, 3.8) is 0 Å². The second kappa shape index (κ2) is 6.87. The summed E-state index contributed by atoms with van der Waals surface area (Å²) in [6.45, 7) is 4.04. The highest BCUT2D eigenvalue weighted by Gasteiger charge is 2.32. The first kappa shape index (κ1) is 20.5. The quantitative estimate of drug-likeness (QED) is 0.585. The molecule has 0 spiro atoms. The van der Waals surface area contributed by atoms with Gasteiger partial charge in [-0.1, -0.05) is 6.07 Å². The molecule has 0 atom stereocenters. The van der Waals surface area contributed by atoms with Crippen LogP contribution in [0.5, 0.6) is 5.75 Å². The normalized spacial score (nSPS) is 16.0. The van der Waals surface area contributed by atoms with E-state index in [0.29, 0.717) is 21.4 Å². The van der Waals surface area contributed by atoms with E-state index >= 15 is 0 Å². The fourth-order valence-electron chi connectivity index (χ4n) is 3.35. The number of benzene rings is 2. The number of aromatic nitrogens is 2. The van der Waals surface area contributed by atoms with Gasteiger partial charge in [0, 0.05) is 11.8 Å². The summed E-state index contributed by atoms with van der Waals surface area (Å²) in [6.07, 6.45) is -1.74. The van der Waals surface area contributed by atoms with Crippen molar-refractivity contribution in [2.24, 2.45) is 0 Å². The predicted molar refractivity (Wildman–Crippen MR) is 105 cm³/mol. The van der Waals surface area contributed by atoms with Crippen molar-refractivity contribution in [3.05, 3.63) is 65.9 Å². The zero-order chi connectivity index (χ0) is 21.7. The van der Waals surface area contributed by atoms with Crippen molar-refractivity contribution in [2.75, 3.05) is 0 Å². The summed E-state index contributed by atoms with van der Waals surface area (Å²) in [5.41, 5.74) is 0.832. The van der Waals surface area contributed by atoms with E-state index in [9.17, 15) is 21.6 Å². The van der Waals surface area contributed by atoms with Crippen LogP contribution in [0.25, 0.3) is 11.3 Å². The number of hydrogen-bond donors (Lipinski definition) is 0. The van der Waals surface area contributed by atoms with E-state index in [1.54, 1.807) is 6.07 Å². The third-order valence-corrected chi connectivity index (χ3v) is 6.56. The van der Waals surface area contributed by atoms with Crippen LogP contribution in [0, 0.1) is 0 Å². The third kappa shape index (κ3) is 3.81. The van der Waals surface area contributed by atoms with Crippen LogP contribution in [0.3, 0.4) is 0 Å². The predicted octanol–water partition coefficient (Wildman–Crippen LogP) is 4.91. The largest absolute Gasteiger partial charge is 0.488 e. The number of alkyl halides is 3. The summed E-state index contributed by atoms with van der Waals surface area (Å²) in [6, 6.07) is 10.6. The van der Waals surface area contributed by atoms with Crippen LogP contribution in [0.15, 0.2) is 59.6 Å². The lowest BCUT2D eigenvalue weighted by Crippen LogP contribution is -2.32. The Morgan fingerprint density at radius 1 is 1.10 bits per heavy atom. The van der Waals surface area contributed by atoms with Gasteiger partial charge in [-0.25, -0.2) is 0 Å². The summed E-state index contributed by atoms with van der Waals surface area (Å²) in [7, 11) is -4.26. The fraction of sp³-hybridized carbons (Fsp3) is 0.286. The van der Waals surface area contributed by atoms with Crippen LogP contribution in [-0.2, 0) is 22.6 Å². The molecule has 30 heavy (non-hydrogen) atoms. The van der Waals surface area contributed by atoms with Gasteiger partial charge in [0.15, 0.2) is 0 Å². The smallest absolute Gasteiger partial charge is 0.416 e. The second-order valence-electron chi connectivity index (χ2n) is 7.79. The Morgan fingerprint density at radius 2 is 1.87 bits per heavy atom. The number of aryl methyl sites for hydroxylation is 1. The summed E-state index contributed by atoms with van der Waals surface area (Å²) in [4.78, 5) is -0.479. The van der Waals surface area contributed by atoms with Crippen molar-refractivity contribution < 1.29 is 26.3 Å². The molecule has 158 valence electrons. The molecule has 1 aliphatic rings. The Labute approximate surface area is 172 Å². The maximum atomic E-state index is 12.9. The topological polar surface area (TPSA) is 61.2 Å². The molecule has 4 rings (SSSR count). The molecule has 0 N–H and O–H groups in total. The average molecular weight is 436 g/mol. The maximum absolute atomic E-state index is 12.9. The standard InChI is InChI=1S/C21H19F3N2O3S/c1-20(2)10-8-15-12-14(6-7-19(15)29-20)18-9-11-26(25-18)30(27,28)17-5-3-4-16(13-17)21(22,23)24/h3-7,9,11-13H,8,10H2,1-2H3. The molecule has 0 saturated carbocycles. The van der Waals surface area contributed by atoms with E-state index in [1.807, 2.05) is 26.0 Å². The van der Waals surface area contributed by atoms with Gasteiger partial charge in [0.25, 0.3) is 10.0 Å². The molecule has 0 aliphatic carbocycles. The summed E-state index contributed by atoms with van der Waals surface area (Å²) in [5.74, 6) is 0.783. The average Bonchev–Trinajstić information content (AvgIpc) is 3.17. The van der Waals surface area contributed by atoms with Crippen molar-refractivity contribution >= 4 is 10.0 Å². The number of fused-ring (bicyclic) bond motifs is 1. The number of halogens is 3. The van der Waals surface area contributed by atoms with Gasteiger partial charge >= 0.3 is 6.18 Å². The summed E-state index contributed by atoms with van der Waals surface area (Å²) < 4.78 is 71.0. The van der Waals surface area contributed by atoms with Crippen LogP contribution < -0.4 is 4.74 Å². The maximum Gasteiger partial charge on any atom is 0.416 e. The molecule has 0 bridgehead atoms. The molecule has 1 aliphatic heterocycles. The summed E-state index contributed by atoms with van der Waals surface area (Å²) in [5, 5.41) is 4.10. The molecule has 5 nitrogen and oxygen atoms in total. The van der Waals surface area contributed by atoms with Crippen LogP contribution in [-0.4, -0.2) is 23.2 Å². The van der Waals surface area contributed by atoms with Gasteiger partial charge in [0.05, 0.1) is 16.2 Å². The number of rotatable bonds is 3. The zero-order valence-electron chi connectivity index (χ0n) is 16.3. The molecule has 2 heterocycles. The summed E-state index contributed by atoms with van der Waals surface area (Å²) >= 11 is 0. The van der Waals surface area contributed by atoms with Crippen LogP contribution in [0.1, 0.15) is 31.4 Å². The lowest BCUT2D eigenvalue weighted by Gasteiger charge is -2.32. The van der Waals surface area contributed by atoms with Gasteiger partial charge in [-0.15, -0.1) is 0 Å². The van der Waals surface area contributed by atoms with E-state index in [1.165, 1.54) is 12.3 Å². The Hall–Kier alpha value is -2.81. The molecule has 2 aromatic carbocycles. The van der Waals surface area contributed by atoms with E-state index in [-0.39, 0.29) is 5.60 Å². The minimum Gasteiger partial charge on any atom is -0.488 e. The number of ether oxygens (including phenoxy) is 1. The Kier molecular flexibility index (Phi) is 4.68. The van der Waals surface area contributed by atoms with Crippen molar-refractivity contribution in [2.45, 2.75) is 43.4 Å². The SMILES string of the molecule is CC1(C)CCc2cc(-c3ccn(S(=O)(=O)c4cccc(C(F)(F)F)c4)n3)ccc2O1. The minimum absolute atomic E-state index is 0.241. The van der Waals surface area contributed by atoms with Gasteiger partial charge in [-0.05, 0) is 74.7 Å². The Morgan fingerprint density at radius 3 is 2.60 bits per heavy atom. The first-order valence-corrected chi connectivity index (χ1v) is 10.7. The fourth-order valence-corrected chi connectivity index (χ4v) is 4.51. The van der Waals surface area contributed by atoms with Gasteiger partial charge in [0.1, 0.15) is 11.4 Å². The lowest BCUT2D eigenvalue weighted by molar-refractivity contribution is -0.137. The first-order chi connectivity index (χ1) is 14.0. The van der Waals surface area contributed by atoms with Gasteiger partial charge < -0.3 is 4.74 Å². The molecule has 3 aromatic rings. The third-order valence-electron chi connectivity index (χ3n) is 5.01. The first-order valence-electron chi connectivity index (χ1n) is 9.27. The minimum atomic E-state index is -4.64. The van der Waals surface area contributed by atoms with E-state index in [4.69, 9.17) is 4.74 Å². The van der Waals surface area contributed by atoms with E-state index in [2.05, 4.69) is 5.10 Å². The van der Waals surface area contributed by atoms with E-state index in [0.717, 1.165) is 42.4 Å². The van der Waals surface area contributed by atoms with Crippen LogP contribution in [0.2, 0.25) is 0 Å². The molecular formula is C21H19F3N2O3S. The molecule has 9 heteroatoms.